The molecule has 1 aromatic rings. The SMILES string of the molecule is CN(C)O.c1ccc2c(c1)CCC2. The largest absolute Gasteiger partial charge is 0.315 e. The molecule has 0 amide bonds. The van der Waals surface area contributed by atoms with Crippen molar-refractivity contribution in [1.82, 2.24) is 5.06 Å². The van der Waals surface area contributed by atoms with Crippen LogP contribution in [0.4, 0.5) is 0 Å². The average molecular weight is 179 g/mol. The molecule has 0 unspecified atom stereocenters. The lowest BCUT2D eigenvalue weighted by atomic mass is 10.1. The van der Waals surface area contributed by atoms with Crippen molar-refractivity contribution >= 4 is 0 Å². The number of hydroxylamine groups is 2. The Morgan fingerprint density at radius 1 is 1.08 bits per heavy atom. The fourth-order valence-electron chi connectivity index (χ4n) is 1.51. The zero-order valence-corrected chi connectivity index (χ0v) is 8.33. The van der Waals surface area contributed by atoms with E-state index in [0.29, 0.717) is 0 Å². The molecule has 0 spiro atoms. The second kappa shape index (κ2) is 5.00. The maximum absolute atomic E-state index is 7.89. The second-order valence-electron chi connectivity index (χ2n) is 3.47. The highest BCUT2D eigenvalue weighted by molar-refractivity contribution is 5.30. The van der Waals surface area contributed by atoms with Gasteiger partial charge in [0.2, 0.25) is 0 Å². The molecule has 0 heterocycles. The maximum atomic E-state index is 7.89. The van der Waals surface area contributed by atoms with Crippen LogP contribution in [0.25, 0.3) is 0 Å². The van der Waals surface area contributed by atoms with E-state index in [4.69, 9.17) is 5.21 Å². The lowest BCUT2D eigenvalue weighted by Gasteiger charge is -1.93. The molecule has 0 bridgehead atoms. The molecule has 1 aliphatic carbocycles. The summed E-state index contributed by atoms with van der Waals surface area (Å²) in [4.78, 5) is 0. The van der Waals surface area contributed by atoms with Crippen molar-refractivity contribution in [3.63, 3.8) is 0 Å². The second-order valence-corrected chi connectivity index (χ2v) is 3.47. The van der Waals surface area contributed by atoms with Gasteiger partial charge >= 0.3 is 0 Å². The molecule has 2 rings (SSSR count). The minimum absolute atomic E-state index is 1.00. The molecule has 0 aliphatic heterocycles. The lowest BCUT2D eigenvalue weighted by molar-refractivity contribution is -0.0372. The molecule has 2 heteroatoms. The van der Waals surface area contributed by atoms with Crippen LogP contribution in [-0.4, -0.2) is 24.4 Å². The molecular formula is C11H17NO. The van der Waals surface area contributed by atoms with Crippen LogP contribution in [0, 0.1) is 0 Å². The first kappa shape index (κ1) is 10.2. The van der Waals surface area contributed by atoms with Crippen LogP contribution in [0.1, 0.15) is 17.5 Å². The predicted octanol–water partition coefficient (Wildman–Crippen LogP) is 2.11. The van der Waals surface area contributed by atoms with Gasteiger partial charge in [0.25, 0.3) is 0 Å². The zero-order valence-electron chi connectivity index (χ0n) is 8.33. The Labute approximate surface area is 79.8 Å². The predicted molar refractivity (Wildman–Crippen MR) is 53.9 cm³/mol. The third-order valence-electron chi connectivity index (χ3n) is 2.01. The van der Waals surface area contributed by atoms with E-state index >= 15 is 0 Å². The first-order valence-electron chi connectivity index (χ1n) is 4.63. The van der Waals surface area contributed by atoms with Gasteiger partial charge in [-0.25, -0.2) is 0 Å². The minimum atomic E-state index is 1.00. The van der Waals surface area contributed by atoms with Crippen molar-refractivity contribution in [2.24, 2.45) is 0 Å². The molecule has 1 N–H and O–H groups in total. The summed E-state index contributed by atoms with van der Waals surface area (Å²) >= 11 is 0. The van der Waals surface area contributed by atoms with E-state index in [2.05, 4.69) is 24.3 Å². The van der Waals surface area contributed by atoms with E-state index in [-0.39, 0.29) is 0 Å². The number of fused-ring (bicyclic) bond motifs is 1. The highest BCUT2D eigenvalue weighted by Crippen LogP contribution is 2.20. The Morgan fingerprint density at radius 2 is 1.46 bits per heavy atom. The van der Waals surface area contributed by atoms with Gasteiger partial charge in [0.1, 0.15) is 0 Å². The van der Waals surface area contributed by atoms with Gasteiger partial charge in [-0.1, -0.05) is 24.3 Å². The Morgan fingerprint density at radius 3 is 1.85 bits per heavy atom. The van der Waals surface area contributed by atoms with Crippen molar-refractivity contribution in [3.8, 4) is 0 Å². The van der Waals surface area contributed by atoms with Gasteiger partial charge in [0, 0.05) is 14.1 Å². The van der Waals surface area contributed by atoms with Crippen LogP contribution < -0.4 is 0 Å². The van der Waals surface area contributed by atoms with Crippen molar-refractivity contribution in [3.05, 3.63) is 35.4 Å². The zero-order chi connectivity index (χ0) is 9.68. The molecule has 0 saturated heterocycles. The maximum Gasteiger partial charge on any atom is 0.0121 e. The van der Waals surface area contributed by atoms with Crippen LogP contribution >= 0.6 is 0 Å². The fourth-order valence-corrected chi connectivity index (χ4v) is 1.51. The van der Waals surface area contributed by atoms with E-state index in [1.54, 1.807) is 25.2 Å². The Bertz CT molecular complexity index is 232. The summed E-state index contributed by atoms with van der Waals surface area (Å²) in [5, 5.41) is 8.89. The minimum Gasteiger partial charge on any atom is -0.315 e. The number of hydrogen-bond donors (Lipinski definition) is 1. The van der Waals surface area contributed by atoms with Gasteiger partial charge in [0.05, 0.1) is 0 Å². The normalized spacial score (nSPS) is 13.5. The van der Waals surface area contributed by atoms with Crippen LogP contribution in [0.15, 0.2) is 24.3 Å². The first-order chi connectivity index (χ1) is 6.20. The summed E-state index contributed by atoms with van der Waals surface area (Å²) in [6.07, 6.45) is 3.96. The summed E-state index contributed by atoms with van der Waals surface area (Å²) in [7, 11) is 3.11. The molecule has 0 radical (unpaired) electrons. The number of hydrogen-bond acceptors (Lipinski definition) is 2. The highest BCUT2D eigenvalue weighted by atomic mass is 16.5. The lowest BCUT2D eigenvalue weighted by Crippen LogP contribution is -2.01. The molecule has 0 saturated carbocycles. The summed E-state index contributed by atoms with van der Waals surface area (Å²) < 4.78 is 0. The standard InChI is InChI=1S/C9H10.C2H7NO/c1-2-5-9-7-3-6-8(9)4-1;1-3(2)4/h1-2,4-5H,3,6-7H2;4H,1-2H3. The molecule has 0 aromatic heterocycles. The van der Waals surface area contributed by atoms with Crippen molar-refractivity contribution in [1.29, 1.82) is 0 Å². The molecule has 1 aromatic carbocycles. The van der Waals surface area contributed by atoms with Crippen molar-refractivity contribution < 1.29 is 5.21 Å². The number of nitrogens with zero attached hydrogens (tertiary/aromatic N) is 1. The van der Waals surface area contributed by atoms with E-state index < -0.39 is 0 Å². The molecule has 0 atom stereocenters. The van der Waals surface area contributed by atoms with E-state index in [9.17, 15) is 0 Å². The quantitative estimate of drug-likeness (QED) is 0.617. The summed E-state index contributed by atoms with van der Waals surface area (Å²) in [5.74, 6) is 0. The number of rotatable bonds is 0. The van der Waals surface area contributed by atoms with Gasteiger partial charge < -0.3 is 5.21 Å². The summed E-state index contributed by atoms with van der Waals surface area (Å²) in [6, 6.07) is 8.74. The van der Waals surface area contributed by atoms with Gasteiger partial charge in [-0.05, 0) is 30.4 Å². The Balaban J connectivity index is 0.000000184. The monoisotopic (exact) mass is 179 g/mol. The van der Waals surface area contributed by atoms with Crippen LogP contribution in [-0.2, 0) is 12.8 Å². The van der Waals surface area contributed by atoms with E-state index in [1.807, 2.05) is 0 Å². The summed E-state index contributed by atoms with van der Waals surface area (Å²) in [5.41, 5.74) is 3.13. The molecular weight excluding hydrogens is 162 g/mol. The van der Waals surface area contributed by atoms with Crippen LogP contribution in [0.5, 0.6) is 0 Å². The molecule has 1 aliphatic rings. The van der Waals surface area contributed by atoms with Crippen LogP contribution in [0.2, 0.25) is 0 Å². The van der Waals surface area contributed by atoms with E-state index in [0.717, 1.165) is 5.06 Å². The Hall–Kier alpha value is -0.860. The Kier molecular flexibility index (Phi) is 3.93. The average Bonchev–Trinajstić information content (AvgIpc) is 2.49. The smallest absolute Gasteiger partial charge is 0.0121 e. The molecule has 0 fully saturated rings. The van der Waals surface area contributed by atoms with E-state index in [1.165, 1.54) is 19.3 Å². The van der Waals surface area contributed by atoms with Gasteiger partial charge in [-0.15, -0.1) is 0 Å². The fraction of sp³-hybridized carbons (Fsp3) is 0.455. The topological polar surface area (TPSA) is 23.5 Å². The first-order valence-corrected chi connectivity index (χ1v) is 4.63. The van der Waals surface area contributed by atoms with Crippen molar-refractivity contribution in [2.45, 2.75) is 19.3 Å². The van der Waals surface area contributed by atoms with Crippen molar-refractivity contribution in [2.75, 3.05) is 14.1 Å². The van der Waals surface area contributed by atoms with Gasteiger partial charge in [-0.3, -0.25) is 0 Å². The number of aryl methyl sites for hydroxylation is 2. The van der Waals surface area contributed by atoms with Crippen LogP contribution in [0.3, 0.4) is 0 Å². The molecule has 13 heavy (non-hydrogen) atoms. The highest BCUT2D eigenvalue weighted by Gasteiger charge is 2.07. The number of benzene rings is 1. The third-order valence-corrected chi connectivity index (χ3v) is 2.01. The third kappa shape index (κ3) is 3.57. The van der Waals surface area contributed by atoms with Gasteiger partial charge in [-0.2, -0.15) is 5.06 Å². The molecule has 2 nitrogen and oxygen atoms in total. The molecule has 72 valence electrons. The van der Waals surface area contributed by atoms with Gasteiger partial charge in [0.15, 0.2) is 0 Å². The summed E-state index contributed by atoms with van der Waals surface area (Å²) in [6.45, 7) is 0.